The molecular formula is C28H29ClFN3O3S. The lowest BCUT2D eigenvalue weighted by Crippen LogP contribution is -2.57. The molecule has 37 heavy (non-hydrogen) atoms. The maximum Gasteiger partial charge on any atom is 0.314 e. The second-order valence-corrected chi connectivity index (χ2v) is 11.4. The van der Waals surface area contributed by atoms with E-state index in [0.717, 1.165) is 11.1 Å². The van der Waals surface area contributed by atoms with Crippen LogP contribution in [0.3, 0.4) is 0 Å². The number of sulfonamides is 1. The van der Waals surface area contributed by atoms with E-state index >= 15 is 0 Å². The molecule has 2 N–H and O–H groups in total. The minimum Gasteiger partial charge on any atom is -0.341 e. The van der Waals surface area contributed by atoms with Gasteiger partial charge in [0.1, 0.15) is 5.82 Å². The highest BCUT2D eigenvalue weighted by Crippen LogP contribution is 2.37. The molecule has 0 aliphatic carbocycles. The third-order valence-corrected chi connectivity index (χ3v) is 8.78. The van der Waals surface area contributed by atoms with Gasteiger partial charge in [-0.2, -0.15) is 0 Å². The molecule has 3 aromatic carbocycles. The number of carbonyl (C=O) groups excluding carboxylic acids is 1. The molecule has 1 heterocycles. The average molecular weight is 542 g/mol. The standard InChI is InChI=1S/C28H29ClFN3O3S/c1-17-7-5-8-22(13-17)37(35,36)33-19(3)25(32-28(34)31-4)16-21-12-11-20(15-26(21)33)14-18(2)27-23(29)9-6-10-24(27)30/h5-15,19,25H,16H2,1-4H3,(H2,31,32,34)/b18-14+/t19-,25-/m1/s1. The summed E-state index contributed by atoms with van der Waals surface area (Å²) in [5.41, 5.74) is 3.72. The SMILES string of the molecule is CNC(=O)N[C@@H]1Cc2ccc(/C=C(\C)c3c(F)cccc3Cl)cc2N(S(=O)(=O)c2cccc(C)c2)[C@@H]1C. The Morgan fingerprint density at radius 2 is 1.86 bits per heavy atom. The highest BCUT2D eigenvalue weighted by Gasteiger charge is 2.39. The van der Waals surface area contributed by atoms with E-state index in [9.17, 15) is 17.6 Å². The predicted molar refractivity (Wildman–Crippen MR) is 147 cm³/mol. The molecule has 194 valence electrons. The quantitative estimate of drug-likeness (QED) is 0.402. The summed E-state index contributed by atoms with van der Waals surface area (Å²) >= 11 is 6.25. The summed E-state index contributed by atoms with van der Waals surface area (Å²) in [6.07, 6.45) is 2.23. The van der Waals surface area contributed by atoms with Gasteiger partial charge in [0.15, 0.2) is 0 Å². The maximum absolute atomic E-state index is 14.5. The molecule has 0 saturated heterocycles. The van der Waals surface area contributed by atoms with E-state index in [0.29, 0.717) is 33.8 Å². The van der Waals surface area contributed by atoms with Gasteiger partial charge in [-0.25, -0.2) is 17.6 Å². The van der Waals surface area contributed by atoms with Gasteiger partial charge in [-0.05, 0) is 79.8 Å². The Labute approximate surface area is 222 Å². The summed E-state index contributed by atoms with van der Waals surface area (Å²) in [6.45, 7) is 5.38. The number of halogens is 2. The Morgan fingerprint density at radius 3 is 2.54 bits per heavy atom. The minimum atomic E-state index is -3.97. The van der Waals surface area contributed by atoms with Gasteiger partial charge in [-0.15, -0.1) is 0 Å². The fourth-order valence-electron chi connectivity index (χ4n) is 4.69. The zero-order valence-corrected chi connectivity index (χ0v) is 22.6. The van der Waals surface area contributed by atoms with Crippen molar-refractivity contribution in [3.05, 3.63) is 93.8 Å². The summed E-state index contributed by atoms with van der Waals surface area (Å²) in [4.78, 5) is 12.3. The first-order valence-corrected chi connectivity index (χ1v) is 13.7. The van der Waals surface area contributed by atoms with Crippen molar-refractivity contribution in [3.8, 4) is 0 Å². The van der Waals surface area contributed by atoms with Gasteiger partial charge >= 0.3 is 6.03 Å². The number of aryl methyl sites for hydroxylation is 1. The van der Waals surface area contributed by atoms with Crippen LogP contribution < -0.4 is 14.9 Å². The number of nitrogens with zero attached hydrogens (tertiary/aromatic N) is 1. The van der Waals surface area contributed by atoms with Crippen molar-refractivity contribution >= 4 is 45.0 Å². The van der Waals surface area contributed by atoms with Gasteiger partial charge in [0.2, 0.25) is 0 Å². The molecule has 3 aromatic rings. The Balaban J connectivity index is 1.84. The van der Waals surface area contributed by atoms with Gasteiger partial charge in [0, 0.05) is 12.6 Å². The zero-order chi connectivity index (χ0) is 26.9. The Kier molecular flexibility index (Phi) is 7.62. The Hall–Kier alpha value is -3.36. The maximum atomic E-state index is 14.5. The summed E-state index contributed by atoms with van der Waals surface area (Å²) in [5, 5.41) is 5.72. The van der Waals surface area contributed by atoms with Crippen LogP contribution in [-0.4, -0.2) is 33.6 Å². The van der Waals surface area contributed by atoms with Crippen molar-refractivity contribution < 1.29 is 17.6 Å². The molecule has 2 amide bonds. The second kappa shape index (κ2) is 10.6. The van der Waals surface area contributed by atoms with Crippen LogP contribution in [0.25, 0.3) is 11.6 Å². The number of fused-ring (bicyclic) bond motifs is 1. The van der Waals surface area contributed by atoms with Gasteiger partial charge in [0.25, 0.3) is 10.0 Å². The number of carbonyl (C=O) groups is 1. The van der Waals surface area contributed by atoms with E-state index in [1.54, 1.807) is 56.3 Å². The van der Waals surface area contributed by atoms with Crippen molar-refractivity contribution in [2.75, 3.05) is 11.4 Å². The lowest BCUT2D eigenvalue weighted by atomic mass is 9.92. The molecule has 1 aliphatic rings. The smallest absolute Gasteiger partial charge is 0.314 e. The molecule has 6 nitrogen and oxygen atoms in total. The second-order valence-electron chi connectivity index (χ2n) is 9.20. The topological polar surface area (TPSA) is 78.5 Å². The van der Waals surface area contributed by atoms with Crippen molar-refractivity contribution in [3.63, 3.8) is 0 Å². The molecular weight excluding hydrogens is 513 g/mol. The number of benzene rings is 3. The number of hydrogen-bond donors (Lipinski definition) is 2. The van der Waals surface area contributed by atoms with Crippen LogP contribution in [0.1, 0.15) is 36.1 Å². The molecule has 4 rings (SSSR count). The number of urea groups is 1. The number of amides is 2. The molecule has 0 unspecified atom stereocenters. The van der Waals surface area contributed by atoms with Crippen LogP contribution in [0, 0.1) is 12.7 Å². The summed E-state index contributed by atoms with van der Waals surface area (Å²) in [7, 11) is -2.46. The number of nitrogens with one attached hydrogen (secondary N) is 2. The van der Waals surface area contributed by atoms with Crippen molar-refractivity contribution in [1.82, 2.24) is 10.6 Å². The van der Waals surface area contributed by atoms with E-state index in [-0.39, 0.29) is 10.9 Å². The molecule has 0 radical (unpaired) electrons. The summed E-state index contributed by atoms with van der Waals surface area (Å²) in [5.74, 6) is -0.431. The summed E-state index contributed by atoms with van der Waals surface area (Å²) < 4.78 is 43.8. The lowest BCUT2D eigenvalue weighted by molar-refractivity contribution is 0.236. The predicted octanol–water partition coefficient (Wildman–Crippen LogP) is 5.79. The van der Waals surface area contributed by atoms with Crippen LogP contribution in [0.4, 0.5) is 14.9 Å². The first-order chi connectivity index (χ1) is 17.5. The number of allylic oxidation sites excluding steroid dienone is 1. The fraction of sp³-hybridized carbons (Fsp3) is 0.250. The van der Waals surface area contributed by atoms with Gasteiger partial charge in [-0.3, -0.25) is 4.31 Å². The Bertz CT molecular complexity index is 1470. The largest absolute Gasteiger partial charge is 0.341 e. The number of anilines is 1. The zero-order valence-electron chi connectivity index (χ0n) is 21.0. The van der Waals surface area contributed by atoms with Crippen LogP contribution in [-0.2, 0) is 16.4 Å². The van der Waals surface area contributed by atoms with Crippen LogP contribution >= 0.6 is 11.6 Å². The third kappa shape index (κ3) is 5.36. The van der Waals surface area contributed by atoms with E-state index in [2.05, 4.69) is 10.6 Å². The highest BCUT2D eigenvalue weighted by atomic mass is 35.5. The molecule has 1 aliphatic heterocycles. The number of rotatable bonds is 5. The highest BCUT2D eigenvalue weighted by molar-refractivity contribution is 7.92. The van der Waals surface area contributed by atoms with Crippen LogP contribution in [0.15, 0.2) is 65.6 Å². The molecule has 0 saturated carbocycles. The van der Waals surface area contributed by atoms with E-state index in [1.807, 2.05) is 25.1 Å². The molecule has 0 bridgehead atoms. The summed E-state index contributed by atoms with van der Waals surface area (Å²) in [6, 6.07) is 15.3. The first-order valence-electron chi connectivity index (χ1n) is 11.9. The van der Waals surface area contributed by atoms with Crippen LogP contribution in [0.2, 0.25) is 5.02 Å². The minimum absolute atomic E-state index is 0.168. The molecule has 9 heteroatoms. The Morgan fingerprint density at radius 1 is 1.14 bits per heavy atom. The van der Waals surface area contributed by atoms with E-state index < -0.39 is 27.9 Å². The van der Waals surface area contributed by atoms with Gasteiger partial charge in [-0.1, -0.05) is 48.0 Å². The molecule has 0 spiro atoms. The molecule has 0 aromatic heterocycles. The van der Waals surface area contributed by atoms with Gasteiger partial charge in [0.05, 0.1) is 27.7 Å². The molecule has 2 atom stereocenters. The van der Waals surface area contributed by atoms with Crippen LogP contribution in [0.5, 0.6) is 0 Å². The fourth-order valence-corrected chi connectivity index (χ4v) is 6.82. The third-order valence-electron chi connectivity index (χ3n) is 6.57. The van der Waals surface area contributed by atoms with E-state index in [4.69, 9.17) is 11.6 Å². The van der Waals surface area contributed by atoms with Crippen molar-refractivity contribution in [2.24, 2.45) is 0 Å². The lowest BCUT2D eigenvalue weighted by Gasteiger charge is -2.41. The normalized spacial score (nSPS) is 17.8. The van der Waals surface area contributed by atoms with E-state index in [1.165, 1.54) is 17.4 Å². The molecule has 0 fully saturated rings. The monoisotopic (exact) mass is 541 g/mol. The number of hydrogen-bond acceptors (Lipinski definition) is 3. The van der Waals surface area contributed by atoms with Gasteiger partial charge < -0.3 is 10.6 Å². The first kappa shape index (κ1) is 26.7. The van der Waals surface area contributed by atoms with Crippen molar-refractivity contribution in [2.45, 2.75) is 44.2 Å². The van der Waals surface area contributed by atoms with Crippen molar-refractivity contribution in [1.29, 1.82) is 0 Å². The average Bonchev–Trinajstić information content (AvgIpc) is 2.84.